The van der Waals surface area contributed by atoms with Gasteiger partial charge in [0.1, 0.15) is 27.3 Å². The summed E-state index contributed by atoms with van der Waals surface area (Å²) in [5.74, 6) is -1.20. The van der Waals surface area contributed by atoms with E-state index in [0.717, 1.165) is 55.2 Å². The Morgan fingerprint density at radius 1 is 1.16 bits per heavy atom. The lowest BCUT2D eigenvalue weighted by Gasteiger charge is -2.26. The number of carbonyl (C=O) groups excluding carboxylic acids is 1. The van der Waals surface area contributed by atoms with E-state index >= 15 is 0 Å². The van der Waals surface area contributed by atoms with E-state index in [-0.39, 0.29) is 27.3 Å². The molecule has 0 bridgehead atoms. The van der Waals surface area contributed by atoms with Gasteiger partial charge in [-0.25, -0.2) is 18.4 Å². The molecule has 170 valence electrons. The standard InChI is InChI=1S/C22H26F2N6OS/c1-13(2)30-22(29-10-5-3-4-6-11-29)16(12-26-30)27-20(31)18-19(25)32-21(28-18)17-14(23)8-7-9-15(17)24/h7-9,12-13H,3-6,10-11,25H2,1-2H3,(H,27,31). The molecule has 0 saturated carbocycles. The predicted octanol–water partition coefficient (Wildman–Crippen LogP) is 5.08. The fraction of sp³-hybridized carbons (Fsp3) is 0.409. The summed E-state index contributed by atoms with van der Waals surface area (Å²) in [6.07, 6.45) is 6.14. The minimum Gasteiger partial charge on any atom is -0.389 e. The number of benzene rings is 1. The van der Waals surface area contributed by atoms with Gasteiger partial charge in [-0.3, -0.25) is 4.79 Å². The van der Waals surface area contributed by atoms with Gasteiger partial charge in [-0.05, 0) is 38.8 Å². The van der Waals surface area contributed by atoms with Crippen LogP contribution in [0.4, 0.5) is 25.3 Å². The Bertz CT molecular complexity index is 1100. The highest BCUT2D eigenvalue weighted by Gasteiger charge is 2.25. The molecule has 1 aliphatic heterocycles. The van der Waals surface area contributed by atoms with Crippen molar-refractivity contribution in [3.8, 4) is 10.6 Å². The smallest absolute Gasteiger partial charge is 0.277 e. The summed E-state index contributed by atoms with van der Waals surface area (Å²) in [7, 11) is 0. The van der Waals surface area contributed by atoms with Crippen LogP contribution in [0.1, 0.15) is 56.1 Å². The lowest BCUT2D eigenvalue weighted by molar-refractivity contribution is 0.102. The Morgan fingerprint density at radius 3 is 2.44 bits per heavy atom. The lowest BCUT2D eigenvalue weighted by atomic mass is 10.2. The van der Waals surface area contributed by atoms with Crippen molar-refractivity contribution in [2.75, 3.05) is 29.0 Å². The highest BCUT2D eigenvalue weighted by atomic mass is 32.1. The summed E-state index contributed by atoms with van der Waals surface area (Å²) in [5, 5.41) is 7.46. The van der Waals surface area contributed by atoms with E-state index in [0.29, 0.717) is 5.69 Å². The molecular formula is C22H26F2N6OS. The molecule has 1 saturated heterocycles. The topological polar surface area (TPSA) is 89.1 Å². The Morgan fingerprint density at radius 2 is 1.81 bits per heavy atom. The number of amides is 1. The first-order valence-corrected chi connectivity index (χ1v) is 11.5. The Balaban J connectivity index is 1.64. The van der Waals surface area contributed by atoms with Crippen molar-refractivity contribution < 1.29 is 13.6 Å². The molecule has 0 radical (unpaired) electrons. The number of anilines is 3. The van der Waals surface area contributed by atoms with E-state index < -0.39 is 17.5 Å². The third-order valence-electron chi connectivity index (χ3n) is 5.46. The second kappa shape index (κ2) is 9.23. The third-order valence-corrected chi connectivity index (χ3v) is 6.36. The van der Waals surface area contributed by atoms with Gasteiger partial charge in [0.05, 0.1) is 11.8 Å². The van der Waals surface area contributed by atoms with Crippen LogP contribution >= 0.6 is 11.3 Å². The monoisotopic (exact) mass is 460 g/mol. The molecule has 1 amide bonds. The highest BCUT2D eigenvalue weighted by molar-refractivity contribution is 7.19. The lowest BCUT2D eigenvalue weighted by Crippen LogP contribution is -2.28. The molecular weight excluding hydrogens is 434 g/mol. The molecule has 3 aromatic rings. The van der Waals surface area contributed by atoms with Crippen molar-refractivity contribution in [1.82, 2.24) is 14.8 Å². The summed E-state index contributed by atoms with van der Waals surface area (Å²) < 4.78 is 30.2. The van der Waals surface area contributed by atoms with Crippen LogP contribution in [0, 0.1) is 11.6 Å². The molecule has 1 aliphatic rings. The van der Waals surface area contributed by atoms with Gasteiger partial charge >= 0.3 is 0 Å². The molecule has 0 unspecified atom stereocenters. The van der Waals surface area contributed by atoms with Crippen LogP contribution in [-0.2, 0) is 0 Å². The summed E-state index contributed by atoms with van der Waals surface area (Å²) in [6, 6.07) is 3.67. The van der Waals surface area contributed by atoms with Gasteiger partial charge < -0.3 is 16.0 Å². The second-order valence-electron chi connectivity index (χ2n) is 8.10. The fourth-order valence-corrected chi connectivity index (χ4v) is 4.78. The van der Waals surface area contributed by atoms with Crippen molar-refractivity contribution in [2.45, 2.75) is 45.6 Å². The quantitative estimate of drug-likeness (QED) is 0.554. The van der Waals surface area contributed by atoms with Crippen molar-refractivity contribution in [1.29, 1.82) is 0 Å². The maximum Gasteiger partial charge on any atom is 0.277 e. The van der Waals surface area contributed by atoms with Gasteiger partial charge in [0, 0.05) is 19.1 Å². The number of hydrogen-bond acceptors (Lipinski definition) is 6. The minimum absolute atomic E-state index is 0.0221. The first-order chi connectivity index (χ1) is 15.4. The number of nitrogens with two attached hydrogens (primary N) is 1. The molecule has 0 atom stereocenters. The summed E-state index contributed by atoms with van der Waals surface area (Å²) >= 11 is 0.874. The van der Waals surface area contributed by atoms with Crippen LogP contribution in [0.25, 0.3) is 10.6 Å². The number of nitrogen functional groups attached to an aromatic ring is 1. The zero-order valence-corrected chi connectivity index (χ0v) is 18.9. The number of rotatable bonds is 5. The van der Waals surface area contributed by atoms with E-state index in [9.17, 15) is 13.6 Å². The summed E-state index contributed by atoms with van der Waals surface area (Å²) in [5.41, 5.74) is 6.22. The zero-order valence-electron chi connectivity index (χ0n) is 18.1. The molecule has 1 fully saturated rings. The second-order valence-corrected chi connectivity index (χ2v) is 9.13. The van der Waals surface area contributed by atoms with Crippen LogP contribution in [0.2, 0.25) is 0 Å². The van der Waals surface area contributed by atoms with Crippen LogP contribution in [0.3, 0.4) is 0 Å². The van der Waals surface area contributed by atoms with Crippen LogP contribution in [0.15, 0.2) is 24.4 Å². The highest BCUT2D eigenvalue weighted by Crippen LogP contribution is 2.35. The molecule has 0 aliphatic carbocycles. The van der Waals surface area contributed by atoms with Gasteiger partial charge in [0.25, 0.3) is 5.91 Å². The summed E-state index contributed by atoms with van der Waals surface area (Å²) in [6.45, 7) is 5.84. The number of nitrogens with zero attached hydrogens (tertiary/aromatic N) is 4. The van der Waals surface area contributed by atoms with E-state index in [4.69, 9.17) is 5.73 Å². The number of hydrogen-bond donors (Lipinski definition) is 2. The van der Waals surface area contributed by atoms with Gasteiger partial charge in [-0.2, -0.15) is 5.10 Å². The number of carbonyl (C=O) groups is 1. The number of aromatic nitrogens is 3. The van der Waals surface area contributed by atoms with E-state index in [2.05, 4.69) is 20.3 Å². The van der Waals surface area contributed by atoms with Crippen LogP contribution in [0.5, 0.6) is 0 Å². The third kappa shape index (κ3) is 4.32. The van der Waals surface area contributed by atoms with E-state index in [1.807, 2.05) is 18.5 Å². The molecule has 10 heteroatoms. The van der Waals surface area contributed by atoms with Crippen molar-refractivity contribution in [3.05, 3.63) is 41.7 Å². The van der Waals surface area contributed by atoms with Crippen molar-refractivity contribution in [3.63, 3.8) is 0 Å². The first-order valence-electron chi connectivity index (χ1n) is 10.7. The van der Waals surface area contributed by atoms with Crippen molar-refractivity contribution >= 4 is 33.8 Å². The van der Waals surface area contributed by atoms with Crippen LogP contribution < -0.4 is 16.0 Å². The van der Waals surface area contributed by atoms with Gasteiger partial charge in [-0.1, -0.05) is 30.2 Å². The molecule has 3 N–H and O–H groups in total. The van der Waals surface area contributed by atoms with Crippen molar-refractivity contribution in [2.24, 2.45) is 0 Å². The van der Waals surface area contributed by atoms with E-state index in [1.54, 1.807) is 6.20 Å². The molecule has 4 rings (SSSR count). The fourth-order valence-electron chi connectivity index (χ4n) is 3.90. The number of thiazole rings is 1. The zero-order chi connectivity index (χ0) is 22.8. The molecule has 32 heavy (non-hydrogen) atoms. The predicted molar refractivity (Wildman–Crippen MR) is 123 cm³/mol. The van der Waals surface area contributed by atoms with Crippen LogP contribution in [-0.4, -0.2) is 33.8 Å². The largest absolute Gasteiger partial charge is 0.389 e. The minimum atomic E-state index is -0.757. The van der Waals surface area contributed by atoms with Gasteiger partial charge in [-0.15, -0.1) is 0 Å². The Hall–Kier alpha value is -3.01. The first kappa shape index (κ1) is 22.2. The average Bonchev–Trinajstić information content (AvgIpc) is 3.22. The SMILES string of the molecule is CC(C)n1ncc(NC(=O)c2nc(-c3c(F)cccc3F)sc2N)c1N1CCCCCC1. The summed E-state index contributed by atoms with van der Waals surface area (Å²) in [4.78, 5) is 19.4. The van der Waals surface area contributed by atoms with Gasteiger partial charge in [0.2, 0.25) is 0 Å². The molecule has 3 heterocycles. The molecule has 1 aromatic carbocycles. The Kier molecular flexibility index (Phi) is 6.40. The maximum atomic E-state index is 14.2. The maximum absolute atomic E-state index is 14.2. The number of nitrogens with one attached hydrogen (secondary N) is 1. The van der Waals surface area contributed by atoms with Gasteiger partial charge in [0.15, 0.2) is 11.5 Å². The molecule has 7 nitrogen and oxygen atoms in total. The van der Waals surface area contributed by atoms with E-state index in [1.165, 1.54) is 18.9 Å². The normalized spacial score (nSPS) is 14.6. The Labute approximate surface area is 189 Å². The average molecular weight is 461 g/mol. The molecule has 2 aromatic heterocycles. The number of halogens is 2. The molecule has 0 spiro atoms.